The van der Waals surface area contributed by atoms with Crippen molar-refractivity contribution in [2.24, 2.45) is 17.6 Å². The Hall–Kier alpha value is -3.09. The van der Waals surface area contributed by atoms with Crippen molar-refractivity contribution < 1.29 is 14.3 Å². The van der Waals surface area contributed by atoms with Crippen molar-refractivity contribution in [1.82, 2.24) is 9.88 Å². The summed E-state index contributed by atoms with van der Waals surface area (Å²) in [5.41, 5.74) is 7.42. The van der Waals surface area contributed by atoms with Gasteiger partial charge in [0.15, 0.2) is 0 Å². The molecule has 1 aliphatic rings. The van der Waals surface area contributed by atoms with E-state index in [-0.39, 0.29) is 17.7 Å². The average molecular weight is 481 g/mol. The number of pyridine rings is 1. The third-order valence-corrected chi connectivity index (χ3v) is 6.76. The van der Waals surface area contributed by atoms with Crippen LogP contribution in [0.2, 0.25) is 0 Å². The van der Waals surface area contributed by atoms with Crippen molar-refractivity contribution in [3.63, 3.8) is 0 Å². The number of likely N-dealkylation sites (tertiary alicyclic amines) is 1. The molecule has 2 amide bonds. The summed E-state index contributed by atoms with van der Waals surface area (Å²) in [5.74, 6) is 0.963. The topological polar surface area (TPSA) is 88.8 Å². The highest BCUT2D eigenvalue weighted by atomic mass is 16.5. The lowest BCUT2D eigenvalue weighted by molar-refractivity contribution is -0.132. The van der Waals surface area contributed by atoms with Gasteiger partial charge in [0.25, 0.3) is 0 Å². The molecular weight excluding hydrogens is 440 g/mol. The highest BCUT2D eigenvalue weighted by Gasteiger charge is 2.27. The molecule has 3 rings (SSSR count). The van der Waals surface area contributed by atoms with Crippen molar-refractivity contribution in [2.75, 3.05) is 24.5 Å². The van der Waals surface area contributed by atoms with Crippen LogP contribution in [0.25, 0.3) is 0 Å². The summed E-state index contributed by atoms with van der Waals surface area (Å²) in [6.45, 7) is 9.21. The largest absolute Gasteiger partial charge is 0.487 e. The molecule has 35 heavy (non-hydrogen) atoms. The summed E-state index contributed by atoms with van der Waals surface area (Å²) in [5, 5.41) is 0. The Balaban J connectivity index is 1.57. The number of nitrogens with two attached hydrogens (primary N) is 1. The molecule has 1 fully saturated rings. The Morgan fingerprint density at radius 2 is 1.80 bits per heavy atom. The molecule has 190 valence electrons. The third-order valence-electron chi connectivity index (χ3n) is 6.76. The Kier molecular flexibility index (Phi) is 9.94. The zero-order valence-corrected chi connectivity index (χ0v) is 21.4. The van der Waals surface area contributed by atoms with Crippen LogP contribution in [0.15, 0.2) is 48.7 Å². The number of benzene rings is 1. The minimum Gasteiger partial charge on any atom is -0.487 e. The molecule has 7 heteroatoms. The van der Waals surface area contributed by atoms with Crippen molar-refractivity contribution in [3.05, 3.63) is 54.4 Å². The number of aromatic nitrogens is 1. The summed E-state index contributed by atoms with van der Waals surface area (Å²) >= 11 is 0. The zero-order chi connectivity index (χ0) is 25.2. The van der Waals surface area contributed by atoms with Gasteiger partial charge < -0.3 is 20.3 Å². The number of rotatable bonds is 12. The molecule has 2 N–H and O–H groups in total. The fraction of sp³-hybridized carbons (Fsp3) is 0.536. The van der Waals surface area contributed by atoms with E-state index in [2.05, 4.69) is 35.9 Å². The van der Waals surface area contributed by atoms with E-state index in [4.69, 9.17) is 10.5 Å². The van der Waals surface area contributed by atoms with Gasteiger partial charge in [0.05, 0.1) is 5.69 Å². The SMILES string of the molecule is CC(C)CCN(c1ccc(OCc2ccccn2)cc1)C1CCN(C(=O)CCC(C)C(N)=O)CC1. The Morgan fingerprint density at radius 3 is 2.40 bits per heavy atom. The van der Waals surface area contributed by atoms with Gasteiger partial charge in [-0.3, -0.25) is 14.6 Å². The first-order chi connectivity index (χ1) is 16.8. The Bertz CT molecular complexity index is 925. The molecule has 1 aromatic carbocycles. The van der Waals surface area contributed by atoms with Crippen molar-refractivity contribution in [1.29, 1.82) is 0 Å². The van der Waals surface area contributed by atoms with Gasteiger partial charge >= 0.3 is 0 Å². The molecule has 2 heterocycles. The van der Waals surface area contributed by atoms with Gasteiger partial charge in [-0.25, -0.2) is 0 Å². The number of anilines is 1. The standard InChI is InChI=1S/C28H40N4O3/c1-21(2)13-19-32(24-8-10-26(11-9-24)35-20-23-6-4-5-16-30-23)25-14-17-31(18-15-25)27(33)12-7-22(3)28(29)34/h4-6,8-11,16,21-22,25H,7,12-15,17-20H2,1-3H3,(H2,29,34). The fourth-order valence-corrected chi connectivity index (χ4v) is 4.36. The first-order valence-electron chi connectivity index (χ1n) is 12.8. The number of amides is 2. The van der Waals surface area contributed by atoms with Gasteiger partial charge in [0.1, 0.15) is 12.4 Å². The van der Waals surface area contributed by atoms with Crippen molar-refractivity contribution in [3.8, 4) is 5.75 Å². The number of hydrogen-bond donors (Lipinski definition) is 1. The first-order valence-corrected chi connectivity index (χ1v) is 12.8. The number of carbonyl (C=O) groups is 2. The molecule has 0 bridgehead atoms. The van der Waals surface area contributed by atoms with Crippen LogP contribution in [-0.2, 0) is 16.2 Å². The van der Waals surface area contributed by atoms with Gasteiger partial charge in [0, 0.05) is 49.9 Å². The van der Waals surface area contributed by atoms with Gasteiger partial charge in [-0.1, -0.05) is 26.8 Å². The monoisotopic (exact) mass is 480 g/mol. The van der Waals surface area contributed by atoms with Crippen molar-refractivity contribution in [2.45, 2.75) is 65.5 Å². The Morgan fingerprint density at radius 1 is 1.09 bits per heavy atom. The quantitative estimate of drug-likeness (QED) is 0.486. The van der Waals surface area contributed by atoms with Crippen LogP contribution in [0.3, 0.4) is 0 Å². The second kappa shape index (κ2) is 13.1. The lowest BCUT2D eigenvalue weighted by atomic mass is 9.99. The molecule has 0 saturated carbocycles. The van der Waals surface area contributed by atoms with Gasteiger partial charge in [-0.2, -0.15) is 0 Å². The van der Waals surface area contributed by atoms with Crippen molar-refractivity contribution >= 4 is 17.5 Å². The highest BCUT2D eigenvalue weighted by Crippen LogP contribution is 2.27. The molecule has 1 saturated heterocycles. The average Bonchev–Trinajstić information content (AvgIpc) is 2.87. The molecule has 1 aromatic heterocycles. The normalized spacial score (nSPS) is 15.1. The fourth-order valence-electron chi connectivity index (χ4n) is 4.36. The molecule has 0 radical (unpaired) electrons. The number of carbonyl (C=O) groups excluding carboxylic acids is 2. The van der Waals surface area contributed by atoms with Gasteiger partial charge in [-0.05, 0) is 68.0 Å². The number of piperidine rings is 1. The summed E-state index contributed by atoms with van der Waals surface area (Å²) in [7, 11) is 0. The Labute approximate surface area is 209 Å². The summed E-state index contributed by atoms with van der Waals surface area (Å²) < 4.78 is 5.91. The molecule has 1 unspecified atom stereocenters. The maximum atomic E-state index is 12.6. The number of hydrogen-bond acceptors (Lipinski definition) is 5. The molecule has 1 aliphatic heterocycles. The predicted octanol–water partition coefficient (Wildman–Crippen LogP) is 4.41. The minimum atomic E-state index is -0.342. The first kappa shape index (κ1) is 26.5. The third kappa shape index (κ3) is 8.26. The molecule has 0 spiro atoms. The zero-order valence-electron chi connectivity index (χ0n) is 21.4. The molecule has 0 aliphatic carbocycles. The van der Waals surface area contributed by atoms with Crippen LogP contribution in [0.1, 0.15) is 58.6 Å². The van der Waals surface area contributed by atoms with E-state index < -0.39 is 0 Å². The van der Waals surface area contributed by atoms with E-state index in [1.165, 1.54) is 5.69 Å². The van der Waals surface area contributed by atoms with E-state index in [9.17, 15) is 9.59 Å². The molecule has 7 nitrogen and oxygen atoms in total. The summed E-state index contributed by atoms with van der Waals surface area (Å²) in [6, 6.07) is 14.5. The maximum absolute atomic E-state index is 12.6. The maximum Gasteiger partial charge on any atom is 0.222 e. The number of ether oxygens (including phenoxy) is 1. The predicted molar refractivity (Wildman–Crippen MR) is 139 cm³/mol. The van der Waals surface area contributed by atoms with E-state index in [0.29, 0.717) is 31.4 Å². The van der Waals surface area contributed by atoms with E-state index in [1.807, 2.05) is 35.2 Å². The van der Waals surface area contributed by atoms with Crippen LogP contribution in [0, 0.1) is 11.8 Å². The smallest absolute Gasteiger partial charge is 0.222 e. The van der Waals surface area contributed by atoms with E-state index in [0.717, 1.165) is 50.3 Å². The second-order valence-electron chi connectivity index (χ2n) is 9.93. The summed E-state index contributed by atoms with van der Waals surface area (Å²) in [4.78, 5) is 32.6. The van der Waals surface area contributed by atoms with Crippen LogP contribution in [0.5, 0.6) is 5.75 Å². The molecule has 1 atom stereocenters. The summed E-state index contributed by atoms with van der Waals surface area (Å²) in [6.07, 6.45) is 5.66. The minimum absolute atomic E-state index is 0.125. The lowest BCUT2D eigenvalue weighted by Gasteiger charge is -2.40. The van der Waals surface area contributed by atoms with Gasteiger partial charge in [0.2, 0.25) is 11.8 Å². The number of primary amides is 1. The van der Waals surface area contributed by atoms with E-state index in [1.54, 1.807) is 13.1 Å². The van der Waals surface area contributed by atoms with Crippen LogP contribution < -0.4 is 15.4 Å². The number of nitrogens with zero attached hydrogens (tertiary/aromatic N) is 3. The van der Waals surface area contributed by atoms with Crippen LogP contribution >= 0.6 is 0 Å². The lowest BCUT2D eigenvalue weighted by Crippen LogP contribution is -2.47. The van der Waals surface area contributed by atoms with E-state index >= 15 is 0 Å². The molecule has 2 aromatic rings. The molecular formula is C28H40N4O3. The van der Waals surface area contributed by atoms with Crippen LogP contribution in [-0.4, -0.2) is 47.4 Å². The van der Waals surface area contributed by atoms with Crippen LogP contribution in [0.4, 0.5) is 5.69 Å². The second-order valence-corrected chi connectivity index (χ2v) is 9.93. The van der Waals surface area contributed by atoms with Gasteiger partial charge in [-0.15, -0.1) is 0 Å². The highest BCUT2D eigenvalue weighted by molar-refractivity contribution is 5.79.